The van der Waals surface area contributed by atoms with E-state index in [2.05, 4.69) is 47.0 Å². The molecule has 5 N–H and O–H groups in total. The molecule has 12 nitrogen and oxygen atoms in total. The van der Waals surface area contributed by atoms with E-state index in [1.807, 2.05) is 45.9 Å². The second kappa shape index (κ2) is 18.2. The Hall–Kier alpha value is -4.22. The van der Waals surface area contributed by atoms with Crippen molar-refractivity contribution >= 4 is 41.1 Å². The summed E-state index contributed by atoms with van der Waals surface area (Å²) in [5, 5.41) is 14.2. The first-order chi connectivity index (χ1) is 25.0. The second-order valence-electron chi connectivity index (χ2n) is 17.2. The molecule has 6 amide bonds. The largest absolute Gasteiger partial charge is 0.346 e. The van der Waals surface area contributed by atoms with Crippen molar-refractivity contribution in [2.45, 2.75) is 130 Å². The van der Waals surface area contributed by atoms with Gasteiger partial charge in [-0.2, -0.15) is 0 Å². The number of carbonyl (C=O) groups excluding carboxylic acids is 6. The van der Waals surface area contributed by atoms with Gasteiger partial charge in [-0.25, -0.2) is 4.79 Å². The highest BCUT2D eigenvalue weighted by atomic mass is 16.2. The standard InChI is InChI=1S/C41H62N6O6/c1-8-22-42-36(50)32(48)30(25-27-17-18-27)44-35(49)31-28(24-26(2)3)19-23-47(31)38(52)34(40(4,5)6)45-37(51)33(41(7)20-13-10-14-21-41)46-39(53)43-29-15-11-9-12-16-29/h8-9,11-12,15-16,26-28,30-31,33-34H,1,10,13-14,17-25H2,2-7H3,(H,42,50)(H,44,49)(H,45,51)(H2,43,46,53)/t28-,30?,31+,33-,34-/m1/s1. The van der Waals surface area contributed by atoms with Gasteiger partial charge in [-0.15, -0.1) is 6.58 Å². The Bertz CT molecular complexity index is 1480. The van der Waals surface area contributed by atoms with Gasteiger partial charge < -0.3 is 31.5 Å². The number of amides is 6. The highest BCUT2D eigenvalue weighted by Gasteiger charge is 2.49. The maximum atomic E-state index is 14.7. The van der Waals surface area contributed by atoms with Crippen molar-refractivity contribution in [2.24, 2.45) is 28.6 Å². The van der Waals surface area contributed by atoms with Crippen LogP contribution in [0.1, 0.15) is 106 Å². The van der Waals surface area contributed by atoms with Crippen LogP contribution < -0.4 is 26.6 Å². The van der Waals surface area contributed by atoms with E-state index in [9.17, 15) is 28.8 Å². The predicted octanol–water partition coefficient (Wildman–Crippen LogP) is 5.10. The van der Waals surface area contributed by atoms with Gasteiger partial charge >= 0.3 is 6.03 Å². The number of nitrogens with zero attached hydrogens (tertiary/aromatic N) is 1. The summed E-state index contributed by atoms with van der Waals surface area (Å²) in [5.41, 5.74) is -0.711. The van der Waals surface area contributed by atoms with Crippen LogP contribution in [0.25, 0.3) is 0 Å². The molecule has 1 saturated heterocycles. The van der Waals surface area contributed by atoms with Crippen LogP contribution in [0.4, 0.5) is 10.5 Å². The molecule has 1 aromatic carbocycles. The zero-order chi connectivity index (χ0) is 38.9. The lowest BCUT2D eigenvalue weighted by Crippen LogP contribution is -2.63. The Morgan fingerprint density at radius 1 is 0.925 bits per heavy atom. The topological polar surface area (TPSA) is 166 Å². The van der Waals surface area contributed by atoms with E-state index >= 15 is 0 Å². The normalized spacial score (nSPS) is 21.5. The summed E-state index contributed by atoms with van der Waals surface area (Å²) in [6.07, 6.45) is 9.31. The number of urea groups is 1. The molecule has 2 aliphatic carbocycles. The quantitative estimate of drug-likeness (QED) is 0.117. The molecule has 0 bridgehead atoms. The minimum atomic E-state index is -1.02. The number of nitrogens with one attached hydrogen (secondary N) is 5. The lowest BCUT2D eigenvalue weighted by molar-refractivity contribution is -0.146. The fourth-order valence-electron chi connectivity index (χ4n) is 7.96. The van der Waals surface area contributed by atoms with E-state index in [1.165, 1.54) is 6.08 Å². The van der Waals surface area contributed by atoms with Crippen LogP contribution in [0.3, 0.4) is 0 Å². The maximum absolute atomic E-state index is 14.7. The summed E-state index contributed by atoms with van der Waals surface area (Å²) in [6.45, 7) is 15.8. The Balaban J connectivity index is 1.59. The zero-order valence-electron chi connectivity index (χ0n) is 32.6. The number of carbonyl (C=O) groups is 6. The first kappa shape index (κ1) is 41.5. The number of rotatable bonds is 16. The monoisotopic (exact) mass is 734 g/mol. The summed E-state index contributed by atoms with van der Waals surface area (Å²) in [7, 11) is 0. The van der Waals surface area contributed by atoms with E-state index in [-0.39, 0.29) is 24.3 Å². The zero-order valence-corrected chi connectivity index (χ0v) is 32.6. The number of hydrogen-bond donors (Lipinski definition) is 5. The Morgan fingerprint density at radius 2 is 1.58 bits per heavy atom. The van der Waals surface area contributed by atoms with Gasteiger partial charge in [-0.05, 0) is 72.8 Å². The molecule has 4 rings (SSSR count). The average molecular weight is 735 g/mol. The molecule has 3 aliphatic rings. The van der Waals surface area contributed by atoms with Crippen LogP contribution >= 0.6 is 0 Å². The second-order valence-corrected chi connectivity index (χ2v) is 17.2. The van der Waals surface area contributed by atoms with Crippen molar-refractivity contribution < 1.29 is 28.8 Å². The average Bonchev–Trinajstić information content (AvgIpc) is 3.83. The van der Waals surface area contributed by atoms with Crippen molar-refractivity contribution in [3.63, 3.8) is 0 Å². The molecule has 1 aromatic rings. The van der Waals surface area contributed by atoms with Crippen LogP contribution in [0.2, 0.25) is 0 Å². The van der Waals surface area contributed by atoms with E-state index in [1.54, 1.807) is 17.0 Å². The highest BCUT2D eigenvalue weighted by molar-refractivity contribution is 6.38. The third kappa shape index (κ3) is 11.4. The van der Waals surface area contributed by atoms with Crippen molar-refractivity contribution in [1.29, 1.82) is 0 Å². The van der Waals surface area contributed by atoms with Crippen LogP contribution in [0.5, 0.6) is 0 Å². The summed E-state index contributed by atoms with van der Waals surface area (Å²) in [4.78, 5) is 84.3. The summed E-state index contributed by atoms with van der Waals surface area (Å²) >= 11 is 0. The molecule has 0 spiro atoms. The van der Waals surface area contributed by atoms with Crippen molar-refractivity contribution in [3.05, 3.63) is 43.0 Å². The highest BCUT2D eigenvalue weighted by Crippen LogP contribution is 2.40. The third-order valence-corrected chi connectivity index (χ3v) is 11.0. The van der Waals surface area contributed by atoms with Gasteiger partial charge in [0.25, 0.3) is 5.91 Å². The first-order valence-electron chi connectivity index (χ1n) is 19.5. The van der Waals surface area contributed by atoms with Crippen LogP contribution in [0, 0.1) is 28.6 Å². The van der Waals surface area contributed by atoms with Gasteiger partial charge in [0.15, 0.2) is 0 Å². The molecule has 2 saturated carbocycles. The predicted molar refractivity (Wildman–Crippen MR) is 206 cm³/mol. The van der Waals surface area contributed by atoms with Gasteiger partial charge in [-0.3, -0.25) is 24.0 Å². The van der Waals surface area contributed by atoms with Crippen LogP contribution in [0.15, 0.2) is 43.0 Å². The molecule has 12 heteroatoms. The van der Waals surface area contributed by atoms with Crippen LogP contribution in [-0.4, -0.2) is 77.6 Å². The van der Waals surface area contributed by atoms with Gasteiger partial charge in [-0.1, -0.05) is 97.9 Å². The van der Waals surface area contributed by atoms with E-state index < -0.39 is 70.4 Å². The number of hydrogen-bond acceptors (Lipinski definition) is 6. The molecule has 5 atom stereocenters. The summed E-state index contributed by atoms with van der Waals surface area (Å²) in [5.74, 6) is -2.51. The van der Waals surface area contributed by atoms with Gasteiger partial charge in [0.2, 0.25) is 23.5 Å². The number of benzene rings is 1. The smallest absolute Gasteiger partial charge is 0.319 e. The Morgan fingerprint density at radius 3 is 2.17 bits per heavy atom. The number of anilines is 1. The molecule has 53 heavy (non-hydrogen) atoms. The lowest BCUT2D eigenvalue weighted by Gasteiger charge is -2.42. The van der Waals surface area contributed by atoms with E-state index in [0.29, 0.717) is 31.5 Å². The van der Waals surface area contributed by atoms with Crippen molar-refractivity contribution in [3.8, 4) is 0 Å². The summed E-state index contributed by atoms with van der Waals surface area (Å²) in [6, 6.07) is 4.65. The first-order valence-corrected chi connectivity index (χ1v) is 19.5. The van der Waals surface area contributed by atoms with Crippen molar-refractivity contribution in [2.75, 3.05) is 18.4 Å². The fraction of sp³-hybridized carbons (Fsp3) is 0.659. The number of Topliss-reactive ketones (excluding diaryl/α,β-unsaturated/α-hetero) is 1. The lowest BCUT2D eigenvalue weighted by atomic mass is 9.70. The fourth-order valence-corrected chi connectivity index (χ4v) is 7.96. The third-order valence-electron chi connectivity index (χ3n) is 11.0. The number of likely N-dealkylation sites (tertiary alicyclic amines) is 1. The molecule has 1 aliphatic heterocycles. The minimum Gasteiger partial charge on any atom is -0.346 e. The van der Waals surface area contributed by atoms with Gasteiger partial charge in [0.05, 0.1) is 6.04 Å². The molecule has 0 radical (unpaired) electrons. The number of para-hydroxylation sites is 1. The molecule has 3 fully saturated rings. The van der Waals surface area contributed by atoms with Crippen molar-refractivity contribution in [1.82, 2.24) is 26.2 Å². The molecular formula is C41H62N6O6. The SMILES string of the molecule is C=CCNC(=O)C(=O)C(CC1CC1)NC(=O)[C@@H]1[C@@H](CC(C)C)CCN1C(=O)[C@@H](NC(=O)[C@@H](NC(=O)Nc1ccccc1)C1(C)CCCCC1)C(C)(C)C. The molecule has 292 valence electrons. The van der Waals surface area contributed by atoms with Crippen LogP contribution in [-0.2, 0) is 24.0 Å². The molecule has 0 aromatic heterocycles. The maximum Gasteiger partial charge on any atom is 0.319 e. The molecule has 1 unspecified atom stereocenters. The Kier molecular flexibility index (Phi) is 14.3. The van der Waals surface area contributed by atoms with E-state index in [0.717, 1.165) is 44.9 Å². The number of ketones is 1. The summed E-state index contributed by atoms with van der Waals surface area (Å²) < 4.78 is 0. The minimum absolute atomic E-state index is 0.128. The Labute approximate surface area is 315 Å². The molecule has 1 heterocycles. The molecular weight excluding hydrogens is 672 g/mol. The van der Waals surface area contributed by atoms with Gasteiger partial charge in [0, 0.05) is 18.8 Å². The van der Waals surface area contributed by atoms with Gasteiger partial charge in [0.1, 0.15) is 18.1 Å². The van der Waals surface area contributed by atoms with E-state index in [4.69, 9.17) is 0 Å².